The Kier molecular flexibility index (Phi) is 5.62. The standard InChI is InChI=1S/C14H22N2O2/c1-4-5-6-10-16(11(2)3)13-9-7-8-12(15-13)14(17)18/h7-9,11H,4-6,10H2,1-3H3,(H,17,18). The molecule has 0 unspecified atom stereocenters. The SMILES string of the molecule is CCCCCN(c1cccc(C(=O)O)n1)C(C)C. The van der Waals surface area contributed by atoms with Crippen LogP contribution in [0, 0.1) is 0 Å². The van der Waals surface area contributed by atoms with Crippen LogP contribution in [0.15, 0.2) is 18.2 Å². The van der Waals surface area contributed by atoms with Gasteiger partial charge in [0.2, 0.25) is 0 Å². The maximum absolute atomic E-state index is 10.9. The first kappa shape index (κ1) is 14.5. The lowest BCUT2D eigenvalue weighted by atomic mass is 10.2. The number of aromatic nitrogens is 1. The lowest BCUT2D eigenvalue weighted by molar-refractivity contribution is 0.0690. The van der Waals surface area contributed by atoms with Crippen LogP contribution in [0.25, 0.3) is 0 Å². The lowest BCUT2D eigenvalue weighted by Crippen LogP contribution is -2.32. The number of carboxylic acids is 1. The van der Waals surface area contributed by atoms with Crippen LogP contribution in [-0.4, -0.2) is 28.6 Å². The average Bonchev–Trinajstić information content (AvgIpc) is 2.34. The van der Waals surface area contributed by atoms with Crippen molar-refractivity contribution in [1.29, 1.82) is 0 Å². The van der Waals surface area contributed by atoms with E-state index >= 15 is 0 Å². The van der Waals surface area contributed by atoms with Gasteiger partial charge in [-0.1, -0.05) is 25.8 Å². The van der Waals surface area contributed by atoms with E-state index in [0.717, 1.165) is 18.8 Å². The van der Waals surface area contributed by atoms with Crippen molar-refractivity contribution in [2.75, 3.05) is 11.4 Å². The topological polar surface area (TPSA) is 53.4 Å². The predicted molar refractivity (Wildman–Crippen MR) is 73.2 cm³/mol. The average molecular weight is 250 g/mol. The number of hydrogen-bond acceptors (Lipinski definition) is 3. The molecule has 0 aliphatic carbocycles. The zero-order valence-corrected chi connectivity index (χ0v) is 11.4. The smallest absolute Gasteiger partial charge is 0.354 e. The summed E-state index contributed by atoms with van der Waals surface area (Å²) in [6.45, 7) is 7.28. The summed E-state index contributed by atoms with van der Waals surface area (Å²) in [6, 6.07) is 5.47. The second kappa shape index (κ2) is 6.99. The molecule has 0 spiro atoms. The van der Waals surface area contributed by atoms with Crippen molar-refractivity contribution in [3.8, 4) is 0 Å². The molecule has 1 aromatic heterocycles. The van der Waals surface area contributed by atoms with Gasteiger partial charge in [0.05, 0.1) is 0 Å². The highest BCUT2D eigenvalue weighted by atomic mass is 16.4. The van der Waals surface area contributed by atoms with Gasteiger partial charge in [0.25, 0.3) is 0 Å². The van der Waals surface area contributed by atoms with E-state index in [1.54, 1.807) is 6.07 Å². The molecule has 1 heterocycles. The maximum atomic E-state index is 10.9. The van der Waals surface area contributed by atoms with Crippen molar-refractivity contribution in [2.24, 2.45) is 0 Å². The Labute approximate surface area is 109 Å². The summed E-state index contributed by atoms with van der Waals surface area (Å²) in [7, 11) is 0. The van der Waals surface area contributed by atoms with Gasteiger partial charge in [0, 0.05) is 12.6 Å². The van der Waals surface area contributed by atoms with Crippen molar-refractivity contribution in [3.05, 3.63) is 23.9 Å². The largest absolute Gasteiger partial charge is 0.477 e. The Morgan fingerprint density at radius 3 is 2.67 bits per heavy atom. The fraction of sp³-hybridized carbons (Fsp3) is 0.571. The zero-order valence-electron chi connectivity index (χ0n) is 11.4. The van der Waals surface area contributed by atoms with E-state index in [1.807, 2.05) is 6.07 Å². The Hall–Kier alpha value is -1.58. The van der Waals surface area contributed by atoms with Gasteiger partial charge in [-0.2, -0.15) is 0 Å². The van der Waals surface area contributed by atoms with E-state index in [4.69, 9.17) is 5.11 Å². The van der Waals surface area contributed by atoms with E-state index in [9.17, 15) is 4.79 Å². The number of nitrogens with zero attached hydrogens (tertiary/aromatic N) is 2. The Balaban J connectivity index is 2.84. The second-order valence-electron chi connectivity index (χ2n) is 4.68. The molecule has 0 aliphatic heterocycles. The third-order valence-electron chi connectivity index (χ3n) is 2.87. The first-order valence-electron chi connectivity index (χ1n) is 6.53. The van der Waals surface area contributed by atoms with Crippen molar-refractivity contribution in [3.63, 3.8) is 0 Å². The molecule has 0 saturated heterocycles. The number of carboxylic acid groups (broad SMARTS) is 1. The van der Waals surface area contributed by atoms with Crippen molar-refractivity contribution in [1.82, 2.24) is 4.98 Å². The van der Waals surface area contributed by atoms with E-state index in [2.05, 4.69) is 30.7 Å². The number of unbranched alkanes of at least 4 members (excludes halogenated alkanes) is 2. The third-order valence-corrected chi connectivity index (χ3v) is 2.87. The molecule has 0 bridgehead atoms. The molecule has 0 radical (unpaired) electrons. The molecule has 0 saturated carbocycles. The predicted octanol–water partition coefficient (Wildman–Crippen LogP) is 3.18. The molecule has 1 aromatic rings. The second-order valence-corrected chi connectivity index (χ2v) is 4.68. The molecule has 0 amide bonds. The Bertz CT molecular complexity index is 391. The summed E-state index contributed by atoms with van der Waals surface area (Å²) < 4.78 is 0. The van der Waals surface area contributed by atoms with Crippen LogP contribution >= 0.6 is 0 Å². The number of carbonyl (C=O) groups is 1. The number of hydrogen-bond donors (Lipinski definition) is 1. The minimum atomic E-state index is -0.978. The van der Waals surface area contributed by atoms with E-state index < -0.39 is 5.97 Å². The van der Waals surface area contributed by atoms with Crippen molar-refractivity contribution >= 4 is 11.8 Å². The minimum absolute atomic E-state index is 0.105. The summed E-state index contributed by atoms with van der Waals surface area (Å²) >= 11 is 0. The monoisotopic (exact) mass is 250 g/mol. The van der Waals surface area contributed by atoms with Gasteiger partial charge in [-0.25, -0.2) is 9.78 Å². The zero-order chi connectivity index (χ0) is 13.5. The molecule has 18 heavy (non-hydrogen) atoms. The molecule has 1 rings (SSSR count). The third kappa shape index (κ3) is 4.02. The maximum Gasteiger partial charge on any atom is 0.354 e. The highest BCUT2D eigenvalue weighted by molar-refractivity contribution is 5.85. The molecular weight excluding hydrogens is 228 g/mol. The molecule has 0 aromatic carbocycles. The summed E-state index contributed by atoms with van der Waals surface area (Å²) in [5, 5.41) is 8.96. The summed E-state index contributed by atoms with van der Waals surface area (Å²) in [5.74, 6) is -0.227. The van der Waals surface area contributed by atoms with Crippen molar-refractivity contribution < 1.29 is 9.90 Å². The van der Waals surface area contributed by atoms with E-state index in [1.165, 1.54) is 18.9 Å². The number of pyridine rings is 1. The minimum Gasteiger partial charge on any atom is -0.477 e. The van der Waals surface area contributed by atoms with Crippen LogP contribution < -0.4 is 4.90 Å². The quantitative estimate of drug-likeness (QED) is 0.755. The molecule has 4 heteroatoms. The summed E-state index contributed by atoms with van der Waals surface area (Å²) in [4.78, 5) is 17.3. The number of rotatable bonds is 7. The van der Waals surface area contributed by atoms with Crippen LogP contribution in [0.5, 0.6) is 0 Å². The first-order chi connectivity index (χ1) is 8.56. The van der Waals surface area contributed by atoms with Gasteiger partial charge >= 0.3 is 5.97 Å². The van der Waals surface area contributed by atoms with Crippen LogP contribution in [0.2, 0.25) is 0 Å². The van der Waals surface area contributed by atoms with E-state index in [-0.39, 0.29) is 5.69 Å². The fourth-order valence-corrected chi connectivity index (χ4v) is 1.87. The highest BCUT2D eigenvalue weighted by Gasteiger charge is 2.13. The van der Waals surface area contributed by atoms with Crippen molar-refractivity contribution in [2.45, 2.75) is 46.1 Å². The van der Waals surface area contributed by atoms with Crippen LogP contribution in [0.3, 0.4) is 0 Å². The van der Waals surface area contributed by atoms with Gasteiger partial charge in [-0.05, 0) is 32.4 Å². The molecule has 0 aliphatic rings. The van der Waals surface area contributed by atoms with Gasteiger partial charge < -0.3 is 10.0 Å². The Morgan fingerprint density at radius 2 is 2.11 bits per heavy atom. The highest BCUT2D eigenvalue weighted by Crippen LogP contribution is 2.16. The van der Waals surface area contributed by atoms with Gasteiger partial charge in [-0.3, -0.25) is 0 Å². The summed E-state index contributed by atoms with van der Waals surface area (Å²) in [6.07, 6.45) is 3.46. The summed E-state index contributed by atoms with van der Waals surface area (Å²) in [5.41, 5.74) is 0.105. The normalized spacial score (nSPS) is 10.7. The fourth-order valence-electron chi connectivity index (χ4n) is 1.87. The lowest BCUT2D eigenvalue weighted by Gasteiger charge is -2.28. The van der Waals surface area contributed by atoms with Crippen LogP contribution in [-0.2, 0) is 0 Å². The number of anilines is 1. The van der Waals surface area contributed by atoms with Gasteiger partial charge in [0.1, 0.15) is 5.82 Å². The molecule has 0 fully saturated rings. The molecule has 1 N–H and O–H groups in total. The first-order valence-corrected chi connectivity index (χ1v) is 6.53. The number of aromatic carboxylic acids is 1. The molecule has 0 atom stereocenters. The van der Waals surface area contributed by atoms with Crippen LogP contribution in [0.4, 0.5) is 5.82 Å². The van der Waals surface area contributed by atoms with Gasteiger partial charge in [0.15, 0.2) is 5.69 Å². The molecular formula is C14H22N2O2. The van der Waals surface area contributed by atoms with Crippen LogP contribution in [0.1, 0.15) is 50.5 Å². The molecule has 4 nitrogen and oxygen atoms in total. The molecule has 100 valence electrons. The van der Waals surface area contributed by atoms with E-state index in [0.29, 0.717) is 6.04 Å². The Morgan fingerprint density at radius 1 is 1.39 bits per heavy atom. The van der Waals surface area contributed by atoms with Gasteiger partial charge in [-0.15, -0.1) is 0 Å².